The smallest absolute Gasteiger partial charge is 0.328 e. The number of hydrogen-bond acceptors (Lipinski definition) is 9. The fourth-order valence-electron chi connectivity index (χ4n) is 6.81. The minimum Gasteiger partial charge on any atom is -0.467 e. The van der Waals surface area contributed by atoms with Crippen LogP contribution in [0.5, 0.6) is 0 Å². The van der Waals surface area contributed by atoms with E-state index in [1.54, 1.807) is 0 Å². The predicted molar refractivity (Wildman–Crippen MR) is 181 cm³/mol. The van der Waals surface area contributed by atoms with E-state index < -0.39 is 30.1 Å². The van der Waals surface area contributed by atoms with Crippen molar-refractivity contribution in [3.05, 3.63) is 107 Å². The molecule has 11 nitrogen and oxygen atoms in total. The lowest BCUT2D eigenvalue weighted by molar-refractivity contribution is -0.278. The van der Waals surface area contributed by atoms with Gasteiger partial charge in [-0.2, -0.15) is 0 Å². The quantitative estimate of drug-likeness (QED) is 0.254. The third-order valence-electron chi connectivity index (χ3n) is 9.77. The maximum absolute atomic E-state index is 12.8. The van der Waals surface area contributed by atoms with E-state index in [9.17, 15) is 14.7 Å². The Labute approximate surface area is 287 Å². The molecule has 0 unspecified atom stereocenters. The third kappa shape index (κ3) is 8.85. The number of methoxy groups -OCH3 is 1. The Morgan fingerprint density at radius 2 is 1.55 bits per heavy atom. The number of esters is 1. The number of urea groups is 1. The number of aliphatic hydroxyl groups is 1. The first-order chi connectivity index (χ1) is 23.8. The first-order valence-corrected chi connectivity index (χ1v) is 17.1. The number of aliphatic hydroxyl groups excluding tert-OH is 1. The molecule has 6 rings (SSSR count). The highest BCUT2D eigenvalue weighted by atomic mass is 16.7. The monoisotopic (exact) mass is 673 g/mol. The number of ether oxygens (including phenoxy) is 5. The lowest BCUT2D eigenvalue weighted by atomic mass is 9.89. The number of rotatable bonds is 11. The zero-order valence-corrected chi connectivity index (χ0v) is 28.2. The molecule has 3 N–H and O–H groups in total. The number of nitrogens with zero attached hydrogens (tertiary/aromatic N) is 1. The fraction of sp³-hybridized carbons (Fsp3) is 0.474. The van der Waals surface area contributed by atoms with Crippen molar-refractivity contribution in [3.63, 3.8) is 0 Å². The second-order valence-corrected chi connectivity index (χ2v) is 13.1. The number of likely N-dealkylation sites (tertiary alicyclic amines) is 1. The van der Waals surface area contributed by atoms with Crippen LogP contribution in [0.4, 0.5) is 4.79 Å². The van der Waals surface area contributed by atoms with Crippen LogP contribution in [0.3, 0.4) is 0 Å². The molecule has 3 aliphatic rings. The van der Waals surface area contributed by atoms with Crippen LogP contribution in [0, 0.1) is 5.92 Å². The molecule has 3 fully saturated rings. The Hall–Kier alpha value is -3.84. The summed E-state index contributed by atoms with van der Waals surface area (Å²) in [6.07, 6.45) is 1.10. The van der Waals surface area contributed by atoms with Gasteiger partial charge < -0.3 is 44.3 Å². The van der Waals surface area contributed by atoms with E-state index in [4.69, 9.17) is 23.7 Å². The van der Waals surface area contributed by atoms with E-state index in [1.165, 1.54) is 7.11 Å². The zero-order valence-electron chi connectivity index (χ0n) is 28.2. The van der Waals surface area contributed by atoms with Gasteiger partial charge >= 0.3 is 12.0 Å². The van der Waals surface area contributed by atoms with E-state index in [1.807, 2.05) is 78.9 Å². The van der Waals surface area contributed by atoms with Crippen molar-refractivity contribution in [2.45, 2.75) is 69.7 Å². The van der Waals surface area contributed by atoms with Crippen LogP contribution in [0.2, 0.25) is 0 Å². The summed E-state index contributed by atoms with van der Waals surface area (Å²) in [5.74, 6) is -0.864. The molecule has 262 valence electrons. The van der Waals surface area contributed by atoms with Crippen LogP contribution in [-0.2, 0) is 48.1 Å². The van der Waals surface area contributed by atoms with E-state index in [2.05, 4.69) is 22.5 Å². The molecule has 0 aliphatic carbocycles. The van der Waals surface area contributed by atoms with Gasteiger partial charge in [-0.05, 0) is 22.3 Å². The van der Waals surface area contributed by atoms with Gasteiger partial charge in [-0.15, -0.1) is 0 Å². The van der Waals surface area contributed by atoms with Crippen molar-refractivity contribution in [2.24, 2.45) is 5.92 Å². The predicted octanol–water partition coefficient (Wildman–Crippen LogP) is 4.39. The Balaban J connectivity index is 1.09. The average molecular weight is 674 g/mol. The molecule has 3 heterocycles. The number of nitrogens with one attached hydrogen (secondary N) is 2. The Kier molecular flexibility index (Phi) is 11.6. The zero-order chi connectivity index (χ0) is 34.2. The van der Waals surface area contributed by atoms with Crippen LogP contribution >= 0.6 is 0 Å². The summed E-state index contributed by atoms with van der Waals surface area (Å²) in [6.45, 7) is 6.24. The van der Waals surface area contributed by atoms with Gasteiger partial charge in [0.05, 0.1) is 39.1 Å². The van der Waals surface area contributed by atoms with Crippen molar-refractivity contribution < 1.29 is 38.4 Å². The molecule has 0 radical (unpaired) electrons. The van der Waals surface area contributed by atoms with Crippen molar-refractivity contribution in [1.29, 1.82) is 0 Å². The molecule has 3 aromatic carbocycles. The summed E-state index contributed by atoms with van der Waals surface area (Å²) < 4.78 is 30.1. The van der Waals surface area contributed by atoms with Crippen molar-refractivity contribution >= 4 is 12.0 Å². The van der Waals surface area contributed by atoms with Crippen LogP contribution < -0.4 is 10.6 Å². The highest BCUT2D eigenvalue weighted by Gasteiger charge is 2.43. The molecule has 0 saturated carbocycles. The van der Waals surface area contributed by atoms with Crippen LogP contribution in [0.1, 0.15) is 60.0 Å². The Morgan fingerprint density at radius 1 is 0.898 bits per heavy atom. The Morgan fingerprint density at radius 3 is 2.20 bits per heavy atom. The standard InChI is InChI=1S/C38H47N3O8/c1-26-33(24-41-18-16-38(17-19-41)46-20-21-47-38)48-36(49-34(26)30-12-10-29(25-42)11-13-30)31-14-8-28(9-15-31)23-39-37(44)40-32(35(43)45-2)22-27-6-4-3-5-7-27/h3-15,26,32-34,36,42H,16-25H2,1-2H3,(H2,39,40,44)/t26-,32-,33+,34+,36+/m0/s1. The number of hydrogen-bond donors (Lipinski definition) is 3. The van der Waals surface area contributed by atoms with E-state index >= 15 is 0 Å². The largest absolute Gasteiger partial charge is 0.467 e. The number of benzene rings is 3. The van der Waals surface area contributed by atoms with Gasteiger partial charge in [-0.1, -0.05) is 85.8 Å². The van der Waals surface area contributed by atoms with E-state index in [-0.39, 0.29) is 31.3 Å². The number of carbonyl (C=O) groups is 2. The van der Waals surface area contributed by atoms with Gasteiger partial charge in [0, 0.05) is 56.9 Å². The van der Waals surface area contributed by atoms with E-state index in [0.29, 0.717) is 19.6 Å². The normalized spacial score (nSPS) is 24.3. The van der Waals surface area contributed by atoms with E-state index in [0.717, 1.165) is 60.3 Å². The molecule has 0 bridgehead atoms. The fourth-order valence-corrected chi connectivity index (χ4v) is 6.81. The minimum absolute atomic E-state index is 0.0119. The first kappa shape index (κ1) is 35.0. The second kappa shape index (κ2) is 16.2. The maximum Gasteiger partial charge on any atom is 0.328 e. The van der Waals surface area contributed by atoms with Crippen LogP contribution in [0.25, 0.3) is 0 Å². The first-order valence-electron chi connectivity index (χ1n) is 17.1. The molecular formula is C38H47N3O8. The second-order valence-electron chi connectivity index (χ2n) is 13.1. The topological polar surface area (TPSA) is 128 Å². The third-order valence-corrected chi connectivity index (χ3v) is 9.77. The van der Waals surface area contributed by atoms with Gasteiger partial charge in [-0.3, -0.25) is 0 Å². The molecule has 3 saturated heterocycles. The lowest BCUT2D eigenvalue weighted by Gasteiger charge is -2.44. The molecule has 11 heteroatoms. The highest BCUT2D eigenvalue weighted by molar-refractivity contribution is 5.83. The molecule has 3 aromatic rings. The average Bonchev–Trinajstić information content (AvgIpc) is 3.60. The van der Waals surface area contributed by atoms with Crippen molar-refractivity contribution in [2.75, 3.05) is 40.0 Å². The summed E-state index contributed by atoms with van der Waals surface area (Å²) in [4.78, 5) is 27.5. The SMILES string of the molecule is COC(=O)[C@H](Cc1ccccc1)NC(=O)NCc1ccc([C@@H]2O[C@H](CN3CCC4(CC3)OCCO4)[C@H](C)[C@H](c3ccc(CO)cc3)O2)cc1. The summed E-state index contributed by atoms with van der Waals surface area (Å²) in [6, 6.07) is 23.9. The molecule has 5 atom stereocenters. The molecule has 0 aromatic heterocycles. The summed E-state index contributed by atoms with van der Waals surface area (Å²) in [5.41, 5.74) is 4.57. The number of carbonyl (C=O) groups excluding carboxylic acids is 2. The van der Waals surface area contributed by atoms with Gasteiger partial charge in [-0.25, -0.2) is 9.59 Å². The van der Waals surface area contributed by atoms with Gasteiger partial charge in [0.1, 0.15) is 6.04 Å². The van der Waals surface area contributed by atoms with Crippen LogP contribution in [0.15, 0.2) is 78.9 Å². The molecule has 2 amide bonds. The van der Waals surface area contributed by atoms with Gasteiger partial charge in [0.2, 0.25) is 0 Å². The highest BCUT2D eigenvalue weighted by Crippen LogP contribution is 2.42. The molecule has 1 spiro atoms. The molecular weight excluding hydrogens is 626 g/mol. The Bertz CT molecular complexity index is 1500. The van der Waals surface area contributed by atoms with Crippen LogP contribution in [-0.4, -0.2) is 79.9 Å². The lowest BCUT2D eigenvalue weighted by Crippen LogP contribution is -2.50. The van der Waals surface area contributed by atoms with Gasteiger partial charge in [0.25, 0.3) is 0 Å². The summed E-state index contributed by atoms with van der Waals surface area (Å²) in [5, 5.41) is 15.2. The molecule has 3 aliphatic heterocycles. The molecule has 49 heavy (non-hydrogen) atoms. The minimum atomic E-state index is -0.811. The van der Waals surface area contributed by atoms with Crippen molar-refractivity contribution in [1.82, 2.24) is 15.5 Å². The summed E-state index contributed by atoms with van der Waals surface area (Å²) in [7, 11) is 1.31. The summed E-state index contributed by atoms with van der Waals surface area (Å²) >= 11 is 0. The number of piperidine rings is 1. The number of amides is 2. The van der Waals surface area contributed by atoms with Crippen molar-refractivity contribution in [3.8, 4) is 0 Å². The van der Waals surface area contributed by atoms with Gasteiger partial charge in [0.15, 0.2) is 12.1 Å². The maximum atomic E-state index is 12.8.